The standard InChI is InChI=1S/C21H26N2O5/c1-6-14-7-9-16(10-8-14)23-20(24)13(2)22-21(25)15-11-17(26-3)19(28-5)18(12-15)27-4/h7-13H,6H2,1-5H3,(H,22,25)(H,23,24)/t13-/m0/s1. The summed E-state index contributed by atoms with van der Waals surface area (Å²) in [5, 5.41) is 5.47. The lowest BCUT2D eigenvalue weighted by Crippen LogP contribution is -2.41. The van der Waals surface area contributed by atoms with Crippen molar-refractivity contribution in [1.82, 2.24) is 5.32 Å². The normalized spacial score (nSPS) is 11.3. The van der Waals surface area contributed by atoms with Crippen molar-refractivity contribution in [3.05, 3.63) is 47.5 Å². The monoisotopic (exact) mass is 386 g/mol. The summed E-state index contributed by atoms with van der Waals surface area (Å²) in [5.74, 6) is 0.372. The lowest BCUT2D eigenvalue weighted by molar-refractivity contribution is -0.117. The zero-order valence-electron chi connectivity index (χ0n) is 16.8. The van der Waals surface area contributed by atoms with E-state index in [-0.39, 0.29) is 5.91 Å². The highest BCUT2D eigenvalue weighted by Crippen LogP contribution is 2.38. The molecule has 0 radical (unpaired) electrons. The second kappa shape index (κ2) is 9.64. The van der Waals surface area contributed by atoms with E-state index >= 15 is 0 Å². The van der Waals surface area contributed by atoms with Crippen LogP contribution < -0.4 is 24.8 Å². The number of anilines is 1. The summed E-state index contributed by atoms with van der Waals surface area (Å²) in [6.07, 6.45) is 0.926. The molecule has 1 atom stereocenters. The number of carbonyl (C=O) groups excluding carboxylic acids is 2. The number of hydrogen-bond donors (Lipinski definition) is 2. The van der Waals surface area contributed by atoms with E-state index in [2.05, 4.69) is 17.6 Å². The molecular weight excluding hydrogens is 360 g/mol. The van der Waals surface area contributed by atoms with Crippen molar-refractivity contribution < 1.29 is 23.8 Å². The van der Waals surface area contributed by atoms with Gasteiger partial charge in [0.1, 0.15) is 6.04 Å². The second-order valence-electron chi connectivity index (χ2n) is 6.15. The van der Waals surface area contributed by atoms with Crippen LogP contribution in [0.4, 0.5) is 5.69 Å². The third kappa shape index (κ3) is 4.94. The highest BCUT2D eigenvalue weighted by Gasteiger charge is 2.20. The first-order valence-corrected chi connectivity index (χ1v) is 8.94. The highest BCUT2D eigenvalue weighted by atomic mass is 16.5. The topological polar surface area (TPSA) is 85.9 Å². The van der Waals surface area contributed by atoms with Crippen LogP contribution >= 0.6 is 0 Å². The molecule has 0 saturated heterocycles. The van der Waals surface area contributed by atoms with E-state index in [1.807, 2.05) is 24.3 Å². The fraction of sp³-hybridized carbons (Fsp3) is 0.333. The minimum atomic E-state index is -0.738. The number of hydrogen-bond acceptors (Lipinski definition) is 5. The number of benzene rings is 2. The van der Waals surface area contributed by atoms with Gasteiger partial charge in [0.2, 0.25) is 11.7 Å². The molecule has 2 rings (SSSR count). The van der Waals surface area contributed by atoms with E-state index in [0.29, 0.717) is 28.5 Å². The SMILES string of the molecule is CCc1ccc(NC(=O)[C@H](C)NC(=O)c2cc(OC)c(OC)c(OC)c2)cc1. The predicted molar refractivity (Wildman–Crippen MR) is 107 cm³/mol. The first kappa shape index (κ1) is 21.1. The molecule has 2 aromatic rings. The highest BCUT2D eigenvalue weighted by molar-refractivity contribution is 6.01. The Balaban J connectivity index is 2.09. The zero-order chi connectivity index (χ0) is 20.7. The Hall–Kier alpha value is -3.22. The molecule has 0 unspecified atom stereocenters. The Labute approximate surface area is 165 Å². The van der Waals surface area contributed by atoms with E-state index in [4.69, 9.17) is 14.2 Å². The minimum absolute atomic E-state index is 0.293. The van der Waals surface area contributed by atoms with Crippen LogP contribution in [0.5, 0.6) is 17.2 Å². The molecule has 28 heavy (non-hydrogen) atoms. The Bertz CT molecular complexity index is 808. The van der Waals surface area contributed by atoms with Crippen LogP contribution in [0.1, 0.15) is 29.8 Å². The molecule has 7 heteroatoms. The molecule has 150 valence electrons. The van der Waals surface area contributed by atoms with Crippen LogP contribution in [0.2, 0.25) is 0 Å². The van der Waals surface area contributed by atoms with E-state index in [0.717, 1.165) is 6.42 Å². The molecule has 0 aliphatic rings. The van der Waals surface area contributed by atoms with E-state index in [1.165, 1.54) is 39.0 Å². The third-order valence-electron chi connectivity index (χ3n) is 4.30. The summed E-state index contributed by atoms with van der Waals surface area (Å²) in [6, 6.07) is 9.91. The van der Waals surface area contributed by atoms with Crippen molar-refractivity contribution in [1.29, 1.82) is 0 Å². The summed E-state index contributed by atoms with van der Waals surface area (Å²) in [7, 11) is 4.43. The molecule has 0 heterocycles. The Morgan fingerprint density at radius 1 is 0.964 bits per heavy atom. The maximum atomic E-state index is 12.6. The summed E-state index contributed by atoms with van der Waals surface area (Å²) in [6.45, 7) is 3.68. The molecule has 0 saturated carbocycles. The van der Waals surface area contributed by atoms with Gasteiger partial charge in [-0.05, 0) is 43.2 Å². The third-order valence-corrected chi connectivity index (χ3v) is 4.30. The maximum absolute atomic E-state index is 12.6. The lowest BCUT2D eigenvalue weighted by atomic mass is 10.1. The van der Waals surface area contributed by atoms with Gasteiger partial charge < -0.3 is 24.8 Å². The number of amides is 2. The van der Waals surface area contributed by atoms with Crippen molar-refractivity contribution in [2.75, 3.05) is 26.6 Å². The summed E-state index contributed by atoms with van der Waals surface area (Å²) in [5.41, 5.74) is 2.15. The number of nitrogens with one attached hydrogen (secondary N) is 2. The summed E-state index contributed by atoms with van der Waals surface area (Å²) in [4.78, 5) is 25.0. The van der Waals surface area contributed by atoms with Crippen molar-refractivity contribution in [2.24, 2.45) is 0 Å². The van der Waals surface area contributed by atoms with Crippen LogP contribution in [0.3, 0.4) is 0 Å². The smallest absolute Gasteiger partial charge is 0.252 e. The largest absolute Gasteiger partial charge is 0.493 e. The fourth-order valence-electron chi connectivity index (χ4n) is 2.63. The van der Waals surface area contributed by atoms with Gasteiger partial charge in [-0.15, -0.1) is 0 Å². The molecule has 2 N–H and O–H groups in total. The number of rotatable bonds is 8. The summed E-state index contributed by atoms with van der Waals surface area (Å²) >= 11 is 0. The molecule has 0 aliphatic heterocycles. The van der Waals surface area contributed by atoms with Crippen molar-refractivity contribution in [3.8, 4) is 17.2 Å². The van der Waals surface area contributed by atoms with Gasteiger partial charge in [-0.25, -0.2) is 0 Å². The van der Waals surface area contributed by atoms with Crippen molar-refractivity contribution in [2.45, 2.75) is 26.3 Å². The maximum Gasteiger partial charge on any atom is 0.252 e. The van der Waals surface area contributed by atoms with Crippen molar-refractivity contribution >= 4 is 17.5 Å². The molecule has 0 aliphatic carbocycles. The van der Waals surface area contributed by atoms with Crippen molar-refractivity contribution in [3.63, 3.8) is 0 Å². The average Bonchev–Trinajstić information content (AvgIpc) is 2.72. The molecule has 2 aromatic carbocycles. The van der Waals surface area contributed by atoms with Gasteiger partial charge >= 0.3 is 0 Å². The van der Waals surface area contributed by atoms with Gasteiger partial charge in [-0.1, -0.05) is 19.1 Å². The molecule has 7 nitrogen and oxygen atoms in total. The number of ether oxygens (including phenoxy) is 3. The first-order valence-electron chi connectivity index (χ1n) is 8.94. The quantitative estimate of drug-likeness (QED) is 0.728. The molecule has 0 fully saturated rings. The second-order valence-corrected chi connectivity index (χ2v) is 6.15. The molecule has 0 spiro atoms. The molecule has 0 aromatic heterocycles. The fourth-order valence-corrected chi connectivity index (χ4v) is 2.63. The van der Waals surface area contributed by atoms with Gasteiger partial charge in [-0.3, -0.25) is 9.59 Å². The van der Waals surface area contributed by atoms with Gasteiger partial charge in [-0.2, -0.15) is 0 Å². The van der Waals surface area contributed by atoms with Gasteiger partial charge in [0.25, 0.3) is 5.91 Å². The summed E-state index contributed by atoms with van der Waals surface area (Å²) < 4.78 is 15.8. The minimum Gasteiger partial charge on any atom is -0.493 e. The van der Waals surface area contributed by atoms with Gasteiger partial charge in [0, 0.05) is 11.3 Å². The predicted octanol–water partition coefficient (Wildman–Crippen LogP) is 3.03. The molecule has 0 bridgehead atoms. The average molecular weight is 386 g/mol. The van der Waals surface area contributed by atoms with Crippen LogP contribution in [-0.4, -0.2) is 39.2 Å². The van der Waals surface area contributed by atoms with E-state index in [1.54, 1.807) is 6.92 Å². The van der Waals surface area contributed by atoms with E-state index in [9.17, 15) is 9.59 Å². The van der Waals surface area contributed by atoms with E-state index < -0.39 is 11.9 Å². The molecular formula is C21H26N2O5. The van der Waals surface area contributed by atoms with Crippen LogP contribution in [0, 0.1) is 0 Å². The lowest BCUT2D eigenvalue weighted by Gasteiger charge is -2.17. The molecule has 2 amide bonds. The van der Waals surface area contributed by atoms with Crippen LogP contribution in [0.15, 0.2) is 36.4 Å². The van der Waals surface area contributed by atoms with Gasteiger partial charge in [0.05, 0.1) is 21.3 Å². The Morgan fingerprint density at radius 2 is 1.54 bits per heavy atom. The van der Waals surface area contributed by atoms with Crippen LogP contribution in [0.25, 0.3) is 0 Å². The first-order chi connectivity index (χ1) is 13.4. The van der Waals surface area contributed by atoms with Gasteiger partial charge in [0.15, 0.2) is 11.5 Å². The number of aryl methyl sites for hydroxylation is 1. The number of carbonyl (C=O) groups is 2. The van der Waals surface area contributed by atoms with Crippen LogP contribution in [-0.2, 0) is 11.2 Å². The Morgan fingerprint density at radius 3 is 2.00 bits per heavy atom. The number of methoxy groups -OCH3 is 3. The zero-order valence-corrected chi connectivity index (χ0v) is 16.8. The Kier molecular flexibility index (Phi) is 7.26.